The monoisotopic (exact) mass is 302 g/mol. The van der Waals surface area contributed by atoms with Crippen LogP contribution in [0, 0.1) is 0 Å². The van der Waals surface area contributed by atoms with Crippen LogP contribution >= 0.6 is 0 Å². The van der Waals surface area contributed by atoms with Crippen molar-refractivity contribution in [2.45, 2.75) is 50.6 Å². The summed E-state index contributed by atoms with van der Waals surface area (Å²) in [5.74, 6) is 1.94. The summed E-state index contributed by atoms with van der Waals surface area (Å²) < 4.78 is 7.00. The topological polar surface area (TPSA) is 89.9 Å². The highest BCUT2D eigenvalue weighted by atomic mass is 16.5. The minimum atomic E-state index is -0.0421. The van der Waals surface area contributed by atoms with Crippen LogP contribution in [0.5, 0.6) is 0 Å². The lowest BCUT2D eigenvalue weighted by atomic mass is 10.2. The molecule has 1 atom stereocenters. The second-order valence-corrected chi connectivity index (χ2v) is 5.93. The highest BCUT2D eigenvalue weighted by molar-refractivity contribution is 5.76. The second kappa shape index (κ2) is 5.51. The SMILES string of the molecule is O=C(CCn1ccnn1)N1CCCC1c1noc(C2CC2)n1. The molecule has 2 aliphatic rings. The third kappa shape index (κ3) is 2.60. The average molecular weight is 302 g/mol. The number of carbonyl (C=O) groups excluding carboxylic acids is 1. The van der Waals surface area contributed by atoms with Crippen molar-refractivity contribution in [2.75, 3.05) is 6.54 Å². The number of aromatic nitrogens is 5. The summed E-state index contributed by atoms with van der Waals surface area (Å²) in [6.45, 7) is 1.30. The lowest BCUT2D eigenvalue weighted by Crippen LogP contribution is -2.31. The van der Waals surface area contributed by atoms with Crippen molar-refractivity contribution in [1.29, 1.82) is 0 Å². The minimum Gasteiger partial charge on any atom is -0.339 e. The van der Waals surface area contributed by atoms with E-state index in [9.17, 15) is 4.79 Å². The molecule has 0 spiro atoms. The fourth-order valence-corrected chi connectivity index (χ4v) is 2.92. The van der Waals surface area contributed by atoms with Crippen molar-refractivity contribution in [2.24, 2.45) is 0 Å². The Morgan fingerprint density at radius 3 is 3.05 bits per heavy atom. The van der Waals surface area contributed by atoms with Crippen molar-refractivity contribution in [1.82, 2.24) is 30.0 Å². The van der Waals surface area contributed by atoms with Crippen LogP contribution < -0.4 is 0 Å². The Kier molecular flexibility index (Phi) is 3.36. The summed E-state index contributed by atoms with van der Waals surface area (Å²) in [4.78, 5) is 18.8. The van der Waals surface area contributed by atoms with E-state index in [2.05, 4.69) is 20.5 Å². The van der Waals surface area contributed by atoms with E-state index in [1.165, 1.54) is 0 Å². The maximum absolute atomic E-state index is 12.5. The van der Waals surface area contributed by atoms with E-state index >= 15 is 0 Å². The molecule has 2 fully saturated rings. The Balaban J connectivity index is 1.42. The van der Waals surface area contributed by atoms with Gasteiger partial charge in [0.25, 0.3) is 0 Å². The third-order valence-corrected chi connectivity index (χ3v) is 4.28. The summed E-state index contributed by atoms with van der Waals surface area (Å²) in [7, 11) is 0. The lowest BCUT2D eigenvalue weighted by molar-refractivity contribution is -0.132. The van der Waals surface area contributed by atoms with Gasteiger partial charge in [0.05, 0.1) is 18.8 Å². The van der Waals surface area contributed by atoms with E-state index in [0.29, 0.717) is 24.7 Å². The molecule has 22 heavy (non-hydrogen) atoms. The molecule has 0 aromatic carbocycles. The van der Waals surface area contributed by atoms with Crippen molar-refractivity contribution in [3.8, 4) is 0 Å². The number of rotatable bonds is 5. The first-order chi connectivity index (χ1) is 10.8. The molecule has 3 heterocycles. The predicted molar refractivity (Wildman–Crippen MR) is 74.6 cm³/mol. The Labute approximate surface area is 127 Å². The first-order valence-electron chi connectivity index (χ1n) is 7.78. The van der Waals surface area contributed by atoms with Crippen LogP contribution in [0.4, 0.5) is 0 Å². The smallest absolute Gasteiger partial charge is 0.229 e. The number of likely N-dealkylation sites (tertiary alicyclic amines) is 1. The molecule has 0 bridgehead atoms. The molecular formula is C14H18N6O2. The number of hydrogen-bond donors (Lipinski definition) is 0. The Morgan fingerprint density at radius 1 is 1.36 bits per heavy atom. The normalized spacial score (nSPS) is 21.5. The van der Waals surface area contributed by atoms with Gasteiger partial charge in [-0.2, -0.15) is 4.98 Å². The van der Waals surface area contributed by atoms with Crippen LogP contribution in [0.25, 0.3) is 0 Å². The molecule has 0 N–H and O–H groups in total. The van der Waals surface area contributed by atoms with Crippen molar-refractivity contribution >= 4 is 5.91 Å². The van der Waals surface area contributed by atoms with Gasteiger partial charge in [0.1, 0.15) is 0 Å². The summed E-state index contributed by atoms with van der Waals surface area (Å²) >= 11 is 0. The van der Waals surface area contributed by atoms with Gasteiger partial charge < -0.3 is 9.42 Å². The minimum absolute atomic E-state index is 0.0421. The van der Waals surface area contributed by atoms with Gasteiger partial charge in [-0.3, -0.25) is 9.48 Å². The summed E-state index contributed by atoms with van der Waals surface area (Å²) in [5.41, 5.74) is 0. The Morgan fingerprint density at radius 2 is 2.27 bits per heavy atom. The molecule has 1 aliphatic carbocycles. The number of aryl methyl sites for hydroxylation is 1. The molecule has 1 saturated heterocycles. The van der Waals surface area contributed by atoms with Crippen molar-refractivity contribution < 1.29 is 9.32 Å². The van der Waals surface area contributed by atoms with Crippen molar-refractivity contribution in [3.63, 3.8) is 0 Å². The zero-order valence-corrected chi connectivity index (χ0v) is 12.3. The van der Waals surface area contributed by atoms with Crippen molar-refractivity contribution in [3.05, 3.63) is 24.1 Å². The van der Waals surface area contributed by atoms with Gasteiger partial charge in [0, 0.05) is 25.1 Å². The number of amides is 1. The van der Waals surface area contributed by atoms with Gasteiger partial charge in [-0.15, -0.1) is 5.10 Å². The van der Waals surface area contributed by atoms with Crippen LogP contribution in [-0.4, -0.2) is 42.5 Å². The highest BCUT2D eigenvalue weighted by Crippen LogP contribution is 2.40. The fraction of sp³-hybridized carbons (Fsp3) is 0.643. The van der Waals surface area contributed by atoms with Crippen LogP contribution in [0.15, 0.2) is 16.9 Å². The zero-order chi connectivity index (χ0) is 14.9. The molecule has 0 radical (unpaired) electrons. The van der Waals surface area contributed by atoms with Gasteiger partial charge in [-0.25, -0.2) is 0 Å². The maximum Gasteiger partial charge on any atom is 0.229 e. The number of nitrogens with zero attached hydrogens (tertiary/aromatic N) is 6. The average Bonchev–Trinajstić information content (AvgIpc) is 3.02. The second-order valence-electron chi connectivity index (χ2n) is 5.93. The van der Waals surface area contributed by atoms with Gasteiger partial charge >= 0.3 is 0 Å². The molecule has 2 aromatic heterocycles. The molecule has 1 amide bonds. The quantitative estimate of drug-likeness (QED) is 0.826. The molecule has 8 nitrogen and oxygen atoms in total. The van der Waals surface area contributed by atoms with Gasteiger partial charge in [0.2, 0.25) is 11.8 Å². The van der Waals surface area contributed by atoms with E-state index < -0.39 is 0 Å². The Hall–Kier alpha value is -2.25. The van der Waals surface area contributed by atoms with E-state index in [4.69, 9.17) is 4.52 Å². The van der Waals surface area contributed by atoms with Crippen LogP contribution in [0.2, 0.25) is 0 Å². The third-order valence-electron chi connectivity index (χ3n) is 4.28. The zero-order valence-electron chi connectivity index (χ0n) is 12.3. The van der Waals surface area contributed by atoms with Gasteiger partial charge in [0.15, 0.2) is 5.82 Å². The van der Waals surface area contributed by atoms with Crippen LogP contribution in [0.3, 0.4) is 0 Å². The number of hydrogen-bond acceptors (Lipinski definition) is 6. The first-order valence-corrected chi connectivity index (χ1v) is 7.78. The lowest BCUT2D eigenvalue weighted by Gasteiger charge is -2.22. The van der Waals surface area contributed by atoms with E-state index in [1.807, 2.05) is 4.90 Å². The summed E-state index contributed by atoms with van der Waals surface area (Å²) in [5, 5.41) is 11.7. The van der Waals surface area contributed by atoms with Crippen LogP contribution in [-0.2, 0) is 11.3 Å². The molecule has 116 valence electrons. The van der Waals surface area contributed by atoms with Gasteiger partial charge in [-0.05, 0) is 25.7 Å². The van der Waals surface area contributed by atoms with E-state index in [-0.39, 0.29) is 11.9 Å². The standard InChI is InChI=1S/C14H18N6O2/c21-12(5-8-19-9-6-15-18-19)20-7-1-2-11(20)13-16-14(22-17-13)10-3-4-10/h6,9-11H,1-5,7-8H2. The summed E-state index contributed by atoms with van der Waals surface area (Å²) in [6, 6.07) is -0.0421. The Bertz CT molecular complexity index is 648. The largest absolute Gasteiger partial charge is 0.339 e. The fourth-order valence-electron chi connectivity index (χ4n) is 2.92. The van der Waals surface area contributed by atoms with E-state index in [0.717, 1.165) is 38.1 Å². The molecule has 2 aromatic rings. The predicted octanol–water partition coefficient (Wildman–Crippen LogP) is 1.29. The number of carbonyl (C=O) groups is 1. The molecule has 4 rings (SSSR count). The van der Waals surface area contributed by atoms with Crippen LogP contribution in [0.1, 0.15) is 55.8 Å². The molecule has 1 saturated carbocycles. The molecule has 1 unspecified atom stereocenters. The van der Waals surface area contributed by atoms with Gasteiger partial charge in [-0.1, -0.05) is 10.4 Å². The molecule has 1 aliphatic heterocycles. The summed E-state index contributed by atoms with van der Waals surface area (Å²) in [6.07, 6.45) is 7.93. The molecule has 8 heteroatoms. The first kappa shape index (κ1) is 13.4. The molecular weight excluding hydrogens is 284 g/mol. The maximum atomic E-state index is 12.5. The van der Waals surface area contributed by atoms with E-state index in [1.54, 1.807) is 17.1 Å². The highest BCUT2D eigenvalue weighted by Gasteiger charge is 2.35.